The molecule has 1 aromatic rings. The topological polar surface area (TPSA) is 26.3 Å². The molecule has 0 aromatic heterocycles. The molecule has 3 nitrogen and oxygen atoms in total. The third-order valence-corrected chi connectivity index (χ3v) is 4.28. The SMILES string of the molecule is CCOC(=O)C1(c2ccccc2)CC[N+](C)(C)CC1. The van der Waals surface area contributed by atoms with Gasteiger partial charge in [0.25, 0.3) is 0 Å². The molecule has 0 amide bonds. The van der Waals surface area contributed by atoms with Crippen LogP contribution in [-0.4, -0.2) is 44.2 Å². The molecule has 0 saturated carbocycles. The Kier molecular flexibility index (Phi) is 3.95. The van der Waals surface area contributed by atoms with Gasteiger partial charge in [-0.15, -0.1) is 0 Å². The molecular formula is C16H24NO2+. The third-order valence-electron chi connectivity index (χ3n) is 4.28. The number of ether oxygens (including phenoxy) is 1. The Labute approximate surface area is 115 Å². The molecule has 1 fully saturated rings. The molecule has 104 valence electrons. The fraction of sp³-hybridized carbons (Fsp3) is 0.562. The molecule has 19 heavy (non-hydrogen) atoms. The third kappa shape index (κ3) is 2.81. The number of likely N-dealkylation sites (tertiary alicyclic amines) is 1. The van der Waals surface area contributed by atoms with Gasteiger partial charge in [-0.2, -0.15) is 0 Å². The first-order valence-electron chi connectivity index (χ1n) is 7.05. The molecular weight excluding hydrogens is 238 g/mol. The second kappa shape index (κ2) is 5.33. The molecule has 0 atom stereocenters. The van der Waals surface area contributed by atoms with Gasteiger partial charge in [0, 0.05) is 12.8 Å². The summed E-state index contributed by atoms with van der Waals surface area (Å²) in [4.78, 5) is 12.5. The molecule has 1 aliphatic rings. The Morgan fingerprint density at radius 1 is 1.21 bits per heavy atom. The van der Waals surface area contributed by atoms with E-state index in [4.69, 9.17) is 4.74 Å². The van der Waals surface area contributed by atoms with Crippen LogP contribution >= 0.6 is 0 Å². The highest BCUT2D eigenvalue weighted by atomic mass is 16.5. The highest BCUT2D eigenvalue weighted by Gasteiger charge is 2.47. The number of rotatable bonds is 3. The van der Waals surface area contributed by atoms with Crippen LogP contribution in [0.2, 0.25) is 0 Å². The van der Waals surface area contributed by atoms with Crippen molar-refractivity contribution in [1.82, 2.24) is 0 Å². The molecule has 0 aliphatic carbocycles. The first kappa shape index (κ1) is 14.1. The Morgan fingerprint density at radius 3 is 2.32 bits per heavy atom. The summed E-state index contributed by atoms with van der Waals surface area (Å²) in [5.41, 5.74) is 0.665. The summed E-state index contributed by atoms with van der Waals surface area (Å²) in [5.74, 6) is -0.0547. The summed E-state index contributed by atoms with van der Waals surface area (Å²) in [5, 5.41) is 0. The van der Waals surface area contributed by atoms with Crippen molar-refractivity contribution in [3.05, 3.63) is 35.9 Å². The molecule has 1 heterocycles. The normalized spacial score (nSPS) is 20.8. The number of piperidine rings is 1. The van der Waals surface area contributed by atoms with Crippen LogP contribution in [0.3, 0.4) is 0 Å². The smallest absolute Gasteiger partial charge is 0.317 e. The molecule has 3 heteroatoms. The standard InChI is InChI=1S/C16H24NO2/c1-4-19-15(18)16(14-8-6-5-7-9-14)10-12-17(2,3)13-11-16/h5-9H,4,10-13H2,1-3H3/q+1. The van der Waals surface area contributed by atoms with E-state index in [1.165, 1.54) is 0 Å². The van der Waals surface area contributed by atoms with E-state index in [9.17, 15) is 4.79 Å². The summed E-state index contributed by atoms with van der Waals surface area (Å²) in [6.45, 7) is 4.34. The van der Waals surface area contributed by atoms with E-state index in [1.807, 2.05) is 25.1 Å². The highest BCUT2D eigenvalue weighted by molar-refractivity contribution is 5.83. The van der Waals surface area contributed by atoms with E-state index < -0.39 is 5.41 Å². The Morgan fingerprint density at radius 2 is 1.79 bits per heavy atom. The van der Waals surface area contributed by atoms with Crippen LogP contribution in [0, 0.1) is 0 Å². The van der Waals surface area contributed by atoms with Gasteiger partial charge in [0.1, 0.15) is 5.41 Å². The quantitative estimate of drug-likeness (QED) is 0.617. The fourth-order valence-corrected chi connectivity index (χ4v) is 2.86. The Hall–Kier alpha value is -1.35. The van der Waals surface area contributed by atoms with Crippen molar-refractivity contribution < 1.29 is 14.0 Å². The lowest BCUT2D eigenvalue weighted by Crippen LogP contribution is -2.54. The number of hydrogen-bond acceptors (Lipinski definition) is 2. The van der Waals surface area contributed by atoms with Gasteiger partial charge in [-0.1, -0.05) is 30.3 Å². The van der Waals surface area contributed by atoms with Crippen LogP contribution in [0.25, 0.3) is 0 Å². The average Bonchev–Trinajstić information content (AvgIpc) is 2.40. The average molecular weight is 262 g/mol. The number of carbonyl (C=O) groups is 1. The minimum Gasteiger partial charge on any atom is -0.465 e. The first-order chi connectivity index (χ1) is 9.00. The van der Waals surface area contributed by atoms with Crippen molar-refractivity contribution in [3.63, 3.8) is 0 Å². The summed E-state index contributed by atoms with van der Waals surface area (Å²) in [6.07, 6.45) is 1.73. The maximum absolute atomic E-state index is 12.5. The zero-order valence-corrected chi connectivity index (χ0v) is 12.2. The van der Waals surface area contributed by atoms with Gasteiger partial charge in [-0.25, -0.2) is 0 Å². The van der Waals surface area contributed by atoms with Crippen LogP contribution in [-0.2, 0) is 14.9 Å². The molecule has 1 aliphatic heterocycles. The number of esters is 1. The lowest BCUT2D eigenvalue weighted by atomic mass is 9.72. The number of carbonyl (C=O) groups excluding carboxylic acids is 1. The first-order valence-corrected chi connectivity index (χ1v) is 7.05. The van der Waals surface area contributed by atoms with Gasteiger partial charge >= 0.3 is 5.97 Å². The molecule has 0 bridgehead atoms. The molecule has 0 unspecified atom stereocenters. The van der Waals surface area contributed by atoms with Crippen molar-refractivity contribution in [1.29, 1.82) is 0 Å². The summed E-state index contributed by atoms with van der Waals surface area (Å²) in [6, 6.07) is 10.1. The maximum atomic E-state index is 12.5. The second-order valence-corrected chi connectivity index (χ2v) is 6.05. The van der Waals surface area contributed by atoms with Gasteiger partial charge in [0.2, 0.25) is 0 Å². The van der Waals surface area contributed by atoms with Crippen LogP contribution in [0.5, 0.6) is 0 Å². The Balaban J connectivity index is 2.33. The molecule has 0 spiro atoms. The predicted octanol–water partition coefficient (Wildman–Crippen LogP) is 2.36. The minimum absolute atomic E-state index is 0.0547. The predicted molar refractivity (Wildman–Crippen MR) is 75.8 cm³/mol. The van der Waals surface area contributed by atoms with Crippen molar-refractivity contribution >= 4 is 5.97 Å². The number of hydrogen-bond donors (Lipinski definition) is 0. The second-order valence-electron chi connectivity index (χ2n) is 6.05. The number of benzene rings is 1. The summed E-state index contributed by atoms with van der Waals surface area (Å²) in [7, 11) is 4.44. The van der Waals surface area contributed by atoms with Crippen LogP contribution in [0.4, 0.5) is 0 Å². The van der Waals surface area contributed by atoms with Crippen molar-refractivity contribution in [2.45, 2.75) is 25.2 Å². The van der Waals surface area contributed by atoms with Crippen LogP contribution in [0.15, 0.2) is 30.3 Å². The molecule has 0 N–H and O–H groups in total. The van der Waals surface area contributed by atoms with E-state index >= 15 is 0 Å². The summed E-state index contributed by atoms with van der Waals surface area (Å²) < 4.78 is 6.34. The van der Waals surface area contributed by atoms with E-state index in [1.54, 1.807) is 0 Å². The van der Waals surface area contributed by atoms with E-state index in [2.05, 4.69) is 26.2 Å². The van der Waals surface area contributed by atoms with Crippen molar-refractivity contribution in [2.24, 2.45) is 0 Å². The zero-order chi connectivity index (χ0) is 13.9. The summed E-state index contributed by atoms with van der Waals surface area (Å²) >= 11 is 0. The van der Waals surface area contributed by atoms with Crippen molar-refractivity contribution in [2.75, 3.05) is 33.8 Å². The largest absolute Gasteiger partial charge is 0.465 e. The van der Waals surface area contributed by atoms with Gasteiger partial charge in [0.15, 0.2) is 0 Å². The monoisotopic (exact) mass is 262 g/mol. The molecule has 2 rings (SSSR count). The Bertz CT molecular complexity index is 429. The fourth-order valence-electron chi connectivity index (χ4n) is 2.86. The lowest BCUT2D eigenvalue weighted by Gasteiger charge is -2.43. The molecule has 0 radical (unpaired) electrons. The highest BCUT2D eigenvalue weighted by Crippen LogP contribution is 2.38. The van der Waals surface area contributed by atoms with Crippen LogP contribution in [0.1, 0.15) is 25.3 Å². The maximum Gasteiger partial charge on any atom is 0.317 e. The number of nitrogens with zero attached hydrogens (tertiary/aromatic N) is 1. The van der Waals surface area contributed by atoms with Crippen LogP contribution < -0.4 is 0 Å². The molecule has 1 saturated heterocycles. The van der Waals surface area contributed by atoms with E-state index in [-0.39, 0.29) is 5.97 Å². The zero-order valence-electron chi connectivity index (χ0n) is 12.2. The van der Waals surface area contributed by atoms with E-state index in [0.29, 0.717) is 6.61 Å². The van der Waals surface area contributed by atoms with Gasteiger partial charge in [-0.05, 0) is 12.5 Å². The number of quaternary nitrogens is 1. The van der Waals surface area contributed by atoms with Crippen molar-refractivity contribution in [3.8, 4) is 0 Å². The van der Waals surface area contributed by atoms with Gasteiger partial charge in [-0.3, -0.25) is 4.79 Å². The lowest BCUT2D eigenvalue weighted by molar-refractivity contribution is -0.896. The van der Waals surface area contributed by atoms with E-state index in [0.717, 1.165) is 36.0 Å². The van der Waals surface area contributed by atoms with Gasteiger partial charge < -0.3 is 9.22 Å². The minimum atomic E-state index is -0.439. The molecule has 1 aromatic carbocycles. The van der Waals surface area contributed by atoms with Gasteiger partial charge in [0.05, 0.1) is 33.8 Å².